The van der Waals surface area contributed by atoms with Crippen LogP contribution >= 0.6 is 34.5 Å². The summed E-state index contributed by atoms with van der Waals surface area (Å²) in [7, 11) is -3.79. The highest BCUT2D eigenvalue weighted by Gasteiger charge is 2.29. The van der Waals surface area contributed by atoms with Crippen LogP contribution < -0.4 is 4.72 Å². The summed E-state index contributed by atoms with van der Waals surface area (Å²) in [4.78, 5) is -0.0312. The van der Waals surface area contributed by atoms with Gasteiger partial charge >= 0.3 is 0 Å². The third kappa shape index (κ3) is 4.43. The fourth-order valence-electron chi connectivity index (χ4n) is 2.08. The SMILES string of the molecule is CC(C)(Cc1ccc(F)cc1)NS(=O)(=O)c1cc(Cl)sc1Cl. The summed E-state index contributed by atoms with van der Waals surface area (Å²) in [5, 5.41) is 0. The first-order chi connectivity index (χ1) is 10.1. The summed E-state index contributed by atoms with van der Waals surface area (Å²) in [6.07, 6.45) is 0.405. The minimum absolute atomic E-state index is 0.0312. The van der Waals surface area contributed by atoms with Crippen LogP contribution in [0.2, 0.25) is 8.67 Å². The van der Waals surface area contributed by atoms with Crippen molar-refractivity contribution in [3.05, 3.63) is 50.4 Å². The Labute approximate surface area is 143 Å². The molecule has 3 nitrogen and oxygen atoms in total. The van der Waals surface area contributed by atoms with Crippen LogP contribution in [-0.2, 0) is 16.4 Å². The summed E-state index contributed by atoms with van der Waals surface area (Å²) in [5.41, 5.74) is 0.0533. The van der Waals surface area contributed by atoms with E-state index in [1.54, 1.807) is 26.0 Å². The van der Waals surface area contributed by atoms with E-state index in [2.05, 4.69) is 4.72 Å². The number of thiophene rings is 1. The summed E-state index contributed by atoms with van der Waals surface area (Å²) < 4.78 is 40.8. The monoisotopic (exact) mass is 381 g/mol. The molecular formula is C14H14Cl2FNO2S2. The molecule has 0 bridgehead atoms. The first-order valence-corrected chi connectivity index (χ1v) is 9.38. The molecule has 0 amide bonds. The predicted octanol–water partition coefficient (Wildman–Crippen LogP) is 4.49. The van der Waals surface area contributed by atoms with E-state index in [4.69, 9.17) is 23.2 Å². The van der Waals surface area contributed by atoms with Gasteiger partial charge in [-0.2, -0.15) is 0 Å². The zero-order valence-electron chi connectivity index (χ0n) is 11.9. The third-order valence-corrected chi connectivity index (χ3v) is 6.34. The lowest BCUT2D eigenvalue weighted by atomic mass is 9.96. The molecule has 0 aliphatic carbocycles. The largest absolute Gasteiger partial charge is 0.243 e. The smallest absolute Gasteiger partial charge is 0.207 e. The number of halogens is 3. The first kappa shape index (κ1) is 17.7. The lowest BCUT2D eigenvalue weighted by molar-refractivity contribution is 0.450. The number of sulfonamides is 1. The van der Waals surface area contributed by atoms with Gasteiger partial charge in [-0.15, -0.1) is 11.3 Å². The van der Waals surface area contributed by atoms with Gasteiger partial charge in [-0.05, 0) is 44.0 Å². The molecule has 0 unspecified atom stereocenters. The summed E-state index contributed by atoms with van der Waals surface area (Å²) >= 11 is 12.7. The molecule has 1 aromatic heterocycles. The second-order valence-electron chi connectivity index (χ2n) is 5.48. The van der Waals surface area contributed by atoms with Crippen LogP contribution in [0.1, 0.15) is 19.4 Å². The molecule has 8 heteroatoms. The average molecular weight is 382 g/mol. The van der Waals surface area contributed by atoms with Crippen molar-refractivity contribution < 1.29 is 12.8 Å². The minimum atomic E-state index is -3.79. The molecule has 0 aliphatic rings. The Morgan fingerprint density at radius 3 is 2.32 bits per heavy atom. The maximum absolute atomic E-state index is 12.9. The molecule has 0 radical (unpaired) electrons. The van der Waals surface area contributed by atoms with Gasteiger partial charge in [-0.25, -0.2) is 17.5 Å². The molecule has 0 saturated heterocycles. The number of nitrogens with one attached hydrogen (secondary N) is 1. The standard InChI is InChI=1S/C14H14Cl2FNO2S2/c1-14(2,8-9-3-5-10(17)6-4-9)18-22(19,20)11-7-12(15)21-13(11)16/h3-7,18H,8H2,1-2H3. The molecule has 0 saturated carbocycles. The number of benzene rings is 1. The highest BCUT2D eigenvalue weighted by molar-refractivity contribution is 7.89. The van der Waals surface area contributed by atoms with E-state index in [-0.39, 0.29) is 15.0 Å². The summed E-state index contributed by atoms with van der Waals surface area (Å²) in [6, 6.07) is 7.26. The van der Waals surface area contributed by atoms with Gasteiger partial charge in [0.05, 0.1) is 4.34 Å². The quantitative estimate of drug-likeness (QED) is 0.828. The Hall–Kier alpha value is -0.660. The van der Waals surface area contributed by atoms with E-state index in [9.17, 15) is 12.8 Å². The maximum Gasteiger partial charge on any atom is 0.243 e. The van der Waals surface area contributed by atoms with Crippen LogP contribution in [0.25, 0.3) is 0 Å². The van der Waals surface area contributed by atoms with E-state index >= 15 is 0 Å². The van der Waals surface area contributed by atoms with Crippen molar-refractivity contribution in [2.24, 2.45) is 0 Å². The van der Waals surface area contributed by atoms with Gasteiger partial charge in [-0.3, -0.25) is 0 Å². The molecule has 0 fully saturated rings. The molecule has 2 rings (SSSR count). The second-order valence-corrected chi connectivity index (χ2v) is 9.42. The lowest BCUT2D eigenvalue weighted by Crippen LogP contribution is -2.44. The highest BCUT2D eigenvalue weighted by Crippen LogP contribution is 2.34. The van der Waals surface area contributed by atoms with Gasteiger partial charge in [0, 0.05) is 5.54 Å². The van der Waals surface area contributed by atoms with Crippen molar-refractivity contribution in [1.82, 2.24) is 4.72 Å². The topological polar surface area (TPSA) is 46.2 Å². The Morgan fingerprint density at radius 1 is 1.23 bits per heavy atom. The molecule has 0 atom stereocenters. The van der Waals surface area contributed by atoms with Crippen molar-refractivity contribution in [2.75, 3.05) is 0 Å². The van der Waals surface area contributed by atoms with Crippen molar-refractivity contribution in [1.29, 1.82) is 0 Å². The van der Waals surface area contributed by atoms with Gasteiger partial charge in [0.25, 0.3) is 0 Å². The van der Waals surface area contributed by atoms with Crippen LogP contribution in [0, 0.1) is 5.82 Å². The zero-order valence-corrected chi connectivity index (χ0v) is 15.0. The van der Waals surface area contributed by atoms with E-state index in [0.717, 1.165) is 16.9 Å². The number of rotatable bonds is 5. The van der Waals surface area contributed by atoms with Gasteiger partial charge in [0.15, 0.2) is 0 Å². The predicted molar refractivity (Wildman–Crippen MR) is 88.8 cm³/mol. The van der Waals surface area contributed by atoms with Crippen LogP contribution in [0.15, 0.2) is 35.2 Å². The van der Waals surface area contributed by atoms with Crippen molar-refractivity contribution >= 4 is 44.6 Å². The van der Waals surface area contributed by atoms with Crippen molar-refractivity contribution in [2.45, 2.75) is 30.7 Å². The van der Waals surface area contributed by atoms with E-state index < -0.39 is 15.6 Å². The molecule has 22 heavy (non-hydrogen) atoms. The average Bonchev–Trinajstić information content (AvgIpc) is 2.70. The van der Waals surface area contributed by atoms with Crippen molar-refractivity contribution in [3.63, 3.8) is 0 Å². The van der Waals surface area contributed by atoms with Crippen LogP contribution in [0.5, 0.6) is 0 Å². The minimum Gasteiger partial charge on any atom is -0.207 e. The highest BCUT2D eigenvalue weighted by atomic mass is 35.5. The zero-order chi connectivity index (χ0) is 16.5. The molecule has 0 spiro atoms. The molecule has 1 heterocycles. The Morgan fingerprint density at radius 2 is 1.82 bits per heavy atom. The Bertz CT molecular complexity index is 771. The van der Waals surface area contributed by atoms with Crippen LogP contribution in [0.4, 0.5) is 4.39 Å². The van der Waals surface area contributed by atoms with Gasteiger partial charge in [-0.1, -0.05) is 35.3 Å². The number of hydrogen-bond donors (Lipinski definition) is 1. The second kappa shape index (κ2) is 6.45. The molecule has 0 aliphatic heterocycles. The van der Waals surface area contributed by atoms with E-state index in [1.807, 2.05) is 0 Å². The van der Waals surface area contributed by atoms with E-state index in [1.165, 1.54) is 18.2 Å². The Balaban J connectivity index is 2.20. The maximum atomic E-state index is 12.9. The molecule has 1 N–H and O–H groups in total. The Kier molecular flexibility index (Phi) is 5.19. The first-order valence-electron chi connectivity index (χ1n) is 6.32. The fourth-order valence-corrected chi connectivity index (χ4v) is 5.64. The molecule has 1 aromatic carbocycles. The van der Waals surface area contributed by atoms with Gasteiger partial charge in [0.1, 0.15) is 15.0 Å². The molecule has 120 valence electrons. The molecular weight excluding hydrogens is 368 g/mol. The number of hydrogen-bond acceptors (Lipinski definition) is 3. The van der Waals surface area contributed by atoms with E-state index in [0.29, 0.717) is 10.8 Å². The van der Waals surface area contributed by atoms with Crippen LogP contribution in [0.3, 0.4) is 0 Å². The lowest BCUT2D eigenvalue weighted by Gasteiger charge is -2.26. The van der Waals surface area contributed by atoms with Gasteiger partial charge in [0.2, 0.25) is 10.0 Å². The third-order valence-electron chi connectivity index (χ3n) is 2.88. The fraction of sp³-hybridized carbons (Fsp3) is 0.286. The molecule has 2 aromatic rings. The normalized spacial score (nSPS) is 12.6. The summed E-state index contributed by atoms with van der Waals surface area (Å²) in [5.74, 6) is -0.332. The van der Waals surface area contributed by atoms with Gasteiger partial charge < -0.3 is 0 Å². The summed E-state index contributed by atoms with van der Waals surface area (Å²) in [6.45, 7) is 3.49. The van der Waals surface area contributed by atoms with Crippen LogP contribution in [-0.4, -0.2) is 14.0 Å². The van der Waals surface area contributed by atoms with Crippen molar-refractivity contribution in [3.8, 4) is 0 Å².